The van der Waals surface area contributed by atoms with Crippen molar-refractivity contribution in [3.8, 4) is 0 Å². The van der Waals surface area contributed by atoms with Gasteiger partial charge in [0.15, 0.2) is 5.78 Å². The van der Waals surface area contributed by atoms with Gasteiger partial charge in [-0.3, -0.25) is 14.5 Å². The first-order valence-electron chi connectivity index (χ1n) is 9.27. The molecule has 5 nitrogen and oxygen atoms in total. The fourth-order valence-electron chi connectivity index (χ4n) is 3.73. The van der Waals surface area contributed by atoms with Crippen LogP contribution in [-0.2, 0) is 10.3 Å². The van der Waals surface area contributed by atoms with E-state index in [1.807, 2.05) is 67.6 Å². The second-order valence-corrected chi connectivity index (χ2v) is 6.93. The van der Waals surface area contributed by atoms with Crippen LogP contribution in [0.3, 0.4) is 0 Å². The molecule has 3 aromatic carbocycles. The third-order valence-corrected chi connectivity index (χ3v) is 5.35. The number of benzene rings is 3. The number of hydrogen-bond acceptors (Lipinski definition) is 3. The van der Waals surface area contributed by atoms with E-state index in [4.69, 9.17) is 0 Å². The average Bonchev–Trinajstić information content (AvgIpc) is 2.99. The molecule has 0 bridgehead atoms. The molecule has 0 radical (unpaired) electrons. The topological polar surface area (TPSA) is 66.5 Å². The van der Waals surface area contributed by atoms with E-state index >= 15 is 0 Å². The van der Waals surface area contributed by atoms with E-state index in [0.29, 0.717) is 12.0 Å². The number of amides is 3. The maximum atomic E-state index is 13.1. The molecule has 5 heteroatoms. The number of fused-ring (bicyclic) bond motifs is 1. The standard InChI is InChI=1S/C23H20N2O3/c1-2-23(19-10-4-3-5-11-19)21(27)25(22(28)24-23)15-20(26)18-13-12-16-8-6-7-9-17(16)14-18/h3-14H,2,15H2,1H3,(H,24,28)/t23-/m0/s1. The zero-order valence-corrected chi connectivity index (χ0v) is 15.5. The average molecular weight is 372 g/mol. The van der Waals surface area contributed by atoms with Gasteiger partial charge < -0.3 is 5.32 Å². The van der Waals surface area contributed by atoms with Gasteiger partial charge in [-0.25, -0.2) is 4.79 Å². The molecule has 1 N–H and O–H groups in total. The van der Waals surface area contributed by atoms with E-state index in [1.54, 1.807) is 12.1 Å². The number of carbonyl (C=O) groups excluding carboxylic acids is 3. The van der Waals surface area contributed by atoms with Gasteiger partial charge in [-0.05, 0) is 28.8 Å². The molecule has 1 atom stereocenters. The minimum Gasteiger partial charge on any atom is -0.319 e. The quantitative estimate of drug-likeness (QED) is 0.546. The van der Waals surface area contributed by atoms with Crippen molar-refractivity contribution in [3.05, 3.63) is 83.9 Å². The molecule has 0 aromatic heterocycles. The highest BCUT2D eigenvalue weighted by atomic mass is 16.2. The number of carbonyl (C=O) groups is 3. The molecule has 0 aliphatic carbocycles. The van der Waals surface area contributed by atoms with E-state index in [2.05, 4.69) is 5.32 Å². The first-order chi connectivity index (χ1) is 13.5. The Bertz CT molecular complexity index is 1080. The number of hydrogen-bond donors (Lipinski definition) is 1. The lowest BCUT2D eigenvalue weighted by Crippen LogP contribution is -2.43. The lowest BCUT2D eigenvalue weighted by Gasteiger charge is -2.25. The van der Waals surface area contributed by atoms with Crippen LogP contribution in [0.15, 0.2) is 72.8 Å². The van der Waals surface area contributed by atoms with E-state index in [-0.39, 0.29) is 18.2 Å². The van der Waals surface area contributed by atoms with E-state index in [9.17, 15) is 14.4 Å². The minimum atomic E-state index is -1.12. The molecule has 1 fully saturated rings. The third-order valence-electron chi connectivity index (χ3n) is 5.35. The highest BCUT2D eigenvalue weighted by Gasteiger charge is 2.51. The van der Waals surface area contributed by atoms with Crippen LogP contribution in [0.1, 0.15) is 29.3 Å². The summed E-state index contributed by atoms with van der Waals surface area (Å²) in [6, 6.07) is 21.7. The molecule has 1 aliphatic rings. The summed E-state index contributed by atoms with van der Waals surface area (Å²) in [6.07, 6.45) is 0.405. The fraction of sp³-hybridized carbons (Fsp3) is 0.174. The van der Waals surface area contributed by atoms with Crippen LogP contribution in [0.4, 0.5) is 4.79 Å². The molecule has 1 heterocycles. The molecule has 0 saturated carbocycles. The van der Waals surface area contributed by atoms with Gasteiger partial charge in [0.2, 0.25) is 0 Å². The number of rotatable bonds is 5. The van der Waals surface area contributed by atoms with Crippen molar-refractivity contribution in [1.82, 2.24) is 10.2 Å². The summed E-state index contributed by atoms with van der Waals surface area (Å²) in [6.45, 7) is 1.57. The van der Waals surface area contributed by atoms with Crippen LogP contribution >= 0.6 is 0 Å². The lowest BCUT2D eigenvalue weighted by atomic mass is 9.87. The van der Waals surface area contributed by atoms with Crippen LogP contribution in [-0.4, -0.2) is 29.2 Å². The van der Waals surface area contributed by atoms with Gasteiger partial charge in [0.05, 0.1) is 6.54 Å². The zero-order chi connectivity index (χ0) is 19.7. The highest BCUT2D eigenvalue weighted by Crippen LogP contribution is 2.32. The van der Waals surface area contributed by atoms with Gasteiger partial charge in [-0.15, -0.1) is 0 Å². The molecule has 3 amide bonds. The van der Waals surface area contributed by atoms with Crippen molar-refractivity contribution in [1.29, 1.82) is 0 Å². The van der Waals surface area contributed by atoms with Gasteiger partial charge in [-0.1, -0.05) is 73.7 Å². The van der Waals surface area contributed by atoms with Crippen molar-refractivity contribution < 1.29 is 14.4 Å². The summed E-state index contributed by atoms with van der Waals surface area (Å²) in [4.78, 5) is 39.5. The van der Waals surface area contributed by atoms with Crippen molar-refractivity contribution in [3.63, 3.8) is 0 Å². The number of nitrogens with zero attached hydrogens (tertiary/aromatic N) is 1. The van der Waals surface area contributed by atoms with E-state index in [0.717, 1.165) is 21.2 Å². The third kappa shape index (κ3) is 2.85. The predicted molar refractivity (Wildman–Crippen MR) is 107 cm³/mol. The number of ketones is 1. The maximum Gasteiger partial charge on any atom is 0.325 e. The van der Waals surface area contributed by atoms with Gasteiger partial charge in [0.1, 0.15) is 5.54 Å². The molecule has 0 spiro atoms. The fourth-order valence-corrected chi connectivity index (χ4v) is 3.73. The van der Waals surface area contributed by atoms with Crippen LogP contribution in [0, 0.1) is 0 Å². The Balaban J connectivity index is 1.61. The van der Waals surface area contributed by atoms with E-state index in [1.165, 1.54) is 0 Å². The normalized spacial score (nSPS) is 19.1. The van der Waals surface area contributed by atoms with Crippen LogP contribution < -0.4 is 5.32 Å². The molecule has 4 rings (SSSR count). The minimum absolute atomic E-state index is 0.269. The van der Waals surface area contributed by atoms with Gasteiger partial charge >= 0.3 is 6.03 Å². The summed E-state index contributed by atoms with van der Waals surface area (Å²) < 4.78 is 0. The number of Topliss-reactive ketones (excluding diaryl/α,β-unsaturated/α-hetero) is 1. The first-order valence-corrected chi connectivity index (χ1v) is 9.27. The zero-order valence-electron chi connectivity index (χ0n) is 15.5. The monoisotopic (exact) mass is 372 g/mol. The molecular weight excluding hydrogens is 352 g/mol. The number of imide groups is 1. The second-order valence-electron chi connectivity index (χ2n) is 6.93. The van der Waals surface area contributed by atoms with Gasteiger partial charge in [-0.2, -0.15) is 0 Å². The molecule has 1 saturated heterocycles. The first kappa shape index (κ1) is 17.9. The summed E-state index contributed by atoms with van der Waals surface area (Å²) in [5.41, 5.74) is 0.0756. The van der Waals surface area contributed by atoms with Crippen LogP contribution in [0.5, 0.6) is 0 Å². The largest absolute Gasteiger partial charge is 0.325 e. The SMILES string of the molecule is CC[C@@]1(c2ccccc2)NC(=O)N(CC(=O)c2ccc3ccccc3c2)C1=O. The Morgan fingerprint density at radius 1 is 0.929 bits per heavy atom. The molecule has 1 aliphatic heterocycles. The van der Waals surface area contributed by atoms with Crippen molar-refractivity contribution in [2.75, 3.05) is 6.54 Å². The lowest BCUT2D eigenvalue weighted by molar-refractivity contribution is -0.131. The molecule has 0 unspecified atom stereocenters. The van der Waals surface area contributed by atoms with Crippen molar-refractivity contribution >= 4 is 28.5 Å². The Hall–Kier alpha value is -3.47. The summed E-state index contributed by atoms with van der Waals surface area (Å²) in [5, 5.41) is 4.78. The Labute approximate surface area is 163 Å². The van der Waals surface area contributed by atoms with Crippen LogP contribution in [0.25, 0.3) is 10.8 Å². The highest BCUT2D eigenvalue weighted by molar-refractivity contribution is 6.12. The Kier molecular flexibility index (Phi) is 4.43. The molecule has 3 aromatic rings. The van der Waals surface area contributed by atoms with Gasteiger partial charge in [0, 0.05) is 5.56 Å². The van der Waals surface area contributed by atoms with E-state index < -0.39 is 11.6 Å². The van der Waals surface area contributed by atoms with Crippen LogP contribution in [0.2, 0.25) is 0 Å². The van der Waals surface area contributed by atoms with Crippen molar-refractivity contribution in [2.24, 2.45) is 0 Å². The molecule has 28 heavy (non-hydrogen) atoms. The summed E-state index contributed by atoms with van der Waals surface area (Å²) in [7, 11) is 0. The number of nitrogens with one attached hydrogen (secondary N) is 1. The maximum absolute atomic E-state index is 13.1. The summed E-state index contributed by atoms with van der Waals surface area (Å²) in [5.74, 6) is -0.658. The van der Waals surface area contributed by atoms with Crippen molar-refractivity contribution in [2.45, 2.75) is 18.9 Å². The Morgan fingerprint density at radius 3 is 2.32 bits per heavy atom. The summed E-state index contributed by atoms with van der Waals surface area (Å²) >= 11 is 0. The van der Waals surface area contributed by atoms with Gasteiger partial charge in [0.25, 0.3) is 5.91 Å². The molecule has 140 valence electrons. The predicted octanol–water partition coefficient (Wildman–Crippen LogP) is 3.88. The second kappa shape index (κ2) is 6.93. The smallest absolute Gasteiger partial charge is 0.319 e. The Morgan fingerprint density at radius 2 is 1.61 bits per heavy atom. The number of urea groups is 1. The molecular formula is C23H20N2O3.